The molecule has 4 N–H and O–H groups in total. The first-order valence-electron chi connectivity index (χ1n) is 6.88. The topological polar surface area (TPSA) is 83.8 Å². The lowest BCUT2D eigenvalue weighted by Gasteiger charge is -2.12. The molecule has 0 radical (unpaired) electrons. The molecule has 0 aliphatic heterocycles. The van der Waals surface area contributed by atoms with Gasteiger partial charge in [0.05, 0.1) is 0 Å². The number of nitrogens with one attached hydrogen (secondary N) is 2. The van der Waals surface area contributed by atoms with Gasteiger partial charge in [-0.3, -0.25) is 9.89 Å². The van der Waals surface area contributed by atoms with Crippen molar-refractivity contribution in [3.8, 4) is 0 Å². The first-order chi connectivity index (χ1) is 9.74. The lowest BCUT2D eigenvalue weighted by atomic mass is 10.1. The smallest absolute Gasteiger partial charge is 0.271 e. The molecule has 1 heterocycles. The highest BCUT2D eigenvalue weighted by molar-refractivity contribution is 5.92. The Morgan fingerprint density at radius 2 is 2.10 bits per heavy atom. The van der Waals surface area contributed by atoms with Crippen LogP contribution in [-0.4, -0.2) is 22.6 Å². The minimum absolute atomic E-state index is 0. The lowest BCUT2D eigenvalue weighted by molar-refractivity contribution is 0.0946. The second-order valence-electron chi connectivity index (χ2n) is 5.21. The summed E-state index contributed by atoms with van der Waals surface area (Å²) in [4.78, 5) is 12.0. The zero-order valence-electron chi connectivity index (χ0n) is 11.6. The minimum Gasteiger partial charge on any atom is -0.349 e. The Labute approximate surface area is 129 Å². The fourth-order valence-electron chi connectivity index (χ4n) is 2.17. The Hall–Kier alpha value is -1.85. The number of carbonyl (C=O) groups is 1. The van der Waals surface area contributed by atoms with Crippen LogP contribution in [0.25, 0.3) is 0 Å². The van der Waals surface area contributed by atoms with Gasteiger partial charge < -0.3 is 11.1 Å². The molecule has 0 bridgehead atoms. The van der Waals surface area contributed by atoms with E-state index < -0.39 is 0 Å². The van der Waals surface area contributed by atoms with Gasteiger partial charge in [-0.1, -0.05) is 30.3 Å². The first kappa shape index (κ1) is 15.5. The molecule has 112 valence electrons. The van der Waals surface area contributed by atoms with E-state index in [1.54, 1.807) is 0 Å². The van der Waals surface area contributed by atoms with Crippen molar-refractivity contribution in [1.82, 2.24) is 15.5 Å². The van der Waals surface area contributed by atoms with E-state index >= 15 is 0 Å². The summed E-state index contributed by atoms with van der Waals surface area (Å²) in [7, 11) is 0. The van der Waals surface area contributed by atoms with Gasteiger partial charge in [0.2, 0.25) is 0 Å². The number of nitrogens with two attached hydrogens (primary N) is 1. The van der Waals surface area contributed by atoms with Gasteiger partial charge in [0.1, 0.15) is 5.69 Å². The number of nitrogens with zero attached hydrogens (tertiary/aromatic N) is 1. The first-order valence-corrected chi connectivity index (χ1v) is 6.88. The van der Waals surface area contributed by atoms with Gasteiger partial charge >= 0.3 is 0 Å². The third-order valence-electron chi connectivity index (χ3n) is 3.56. The zero-order chi connectivity index (χ0) is 13.9. The van der Waals surface area contributed by atoms with E-state index in [1.165, 1.54) is 12.8 Å². The predicted molar refractivity (Wildman–Crippen MR) is 83.5 cm³/mol. The van der Waals surface area contributed by atoms with Crippen molar-refractivity contribution in [1.29, 1.82) is 0 Å². The van der Waals surface area contributed by atoms with Gasteiger partial charge in [-0.2, -0.15) is 5.10 Å². The van der Waals surface area contributed by atoms with Crippen LogP contribution in [0.5, 0.6) is 0 Å². The van der Waals surface area contributed by atoms with Crippen molar-refractivity contribution in [2.45, 2.75) is 24.8 Å². The highest BCUT2D eigenvalue weighted by Crippen LogP contribution is 2.38. The van der Waals surface area contributed by atoms with Crippen molar-refractivity contribution in [2.75, 3.05) is 6.54 Å². The largest absolute Gasteiger partial charge is 0.349 e. The molecule has 1 fully saturated rings. The summed E-state index contributed by atoms with van der Waals surface area (Å²) in [5, 5.41) is 9.80. The van der Waals surface area contributed by atoms with Crippen LogP contribution < -0.4 is 11.1 Å². The van der Waals surface area contributed by atoms with E-state index in [0.717, 1.165) is 11.3 Å². The molecule has 1 aliphatic carbocycles. The Morgan fingerprint density at radius 3 is 2.76 bits per heavy atom. The maximum atomic E-state index is 12.0. The molecule has 5 nitrogen and oxygen atoms in total. The maximum absolute atomic E-state index is 12.0. The summed E-state index contributed by atoms with van der Waals surface area (Å²) < 4.78 is 0. The van der Waals surface area contributed by atoms with Crippen molar-refractivity contribution in [3.63, 3.8) is 0 Å². The lowest BCUT2D eigenvalue weighted by Crippen LogP contribution is -2.32. The Balaban J connectivity index is 0.00000161. The molecule has 1 amide bonds. The van der Waals surface area contributed by atoms with Crippen molar-refractivity contribution in [2.24, 2.45) is 5.73 Å². The number of aromatic nitrogens is 2. The summed E-state index contributed by atoms with van der Waals surface area (Å²) in [6, 6.07) is 11.4. The molecule has 2 aromatic rings. The average Bonchev–Trinajstić information content (AvgIpc) is 3.22. The molecule has 3 rings (SSSR count). The van der Waals surface area contributed by atoms with Crippen LogP contribution in [0.2, 0.25) is 0 Å². The number of H-pyrrole nitrogens is 1. The second kappa shape index (κ2) is 6.74. The fourth-order valence-corrected chi connectivity index (χ4v) is 2.17. The highest BCUT2D eigenvalue weighted by atomic mass is 35.5. The average molecular weight is 307 g/mol. The number of amides is 1. The van der Waals surface area contributed by atoms with E-state index in [2.05, 4.69) is 15.5 Å². The maximum Gasteiger partial charge on any atom is 0.271 e. The van der Waals surface area contributed by atoms with Crippen LogP contribution in [0, 0.1) is 0 Å². The minimum atomic E-state index is -0.206. The molecule has 1 unspecified atom stereocenters. The number of aromatic amines is 1. The van der Waals surface area contributed by atoms with E-state index in [1.807, 2.05) is 36.4 Å². The molecule has 0 saturated heterocycles. The number of halogens is 1. The number of rotatable bonds is 5. The Morgan fingerprint density at radius 1 is 1.38 bits per heavy atom. The van der Waals surface area contributed by atoms with Gasteiger partial charge in [-0.15, -0.1) is 12.4 Å². The van der Waals surface area contributed by atoms with Crippen molar-refractivity contribution < 1.29 is 4.79 Å². The van der Waals surface area contributed by atoms with Crippen molar-refractivity contribution >= 4 is 18.3 Å². The molecule has 1 saturated carbocycles. The monoisotopic (exact) mass is 306 g/mol. The van der Waals surface area contributed by atoms with E-state index in [9.17, 15) is 4.79 Å². The van der Waals surface area contributed by atoms with Crippen LogP contribution >= 0.6 is 12.4 Å². The number of carbonyl (C=O) groups excluding carboxylic acids is 1. The molecule has 1 aromatic heterocycles. The summed E-state index contributed by atoms with van der Waals surface area (Å²) in [5.74, 6) is 0.384. The van der Waals surface area contributed by atoms with Crippen LogP contribution in [0.15, 0.2) is 36.4 Å². The number of benzene rings is 1. The van der Waals surface area contributed by atoms with E-state index in [-0.39, 0.29) is 24.4 Å². The molecule has 21 heavy (non-hydrogen) atoms. The highest BCUT2D eigenvalue weighted by Gasteiger charge is 2.26. The van der Waals surface area contributed by atoms with Gasteiger partial charge in [0.15, 0.2) is 0 Å². The SMILES string of the molecule is Cl.NC(CNC(=O)c1cc(C2CC2)[nH]n1)c1ccccc1. The molecule has 0 spiro atoms. The van der Waals surface area contributed by atoms with Gasteiger partial charge in [0, 0.05) is 24.2 Å². The predicted octanol–water partition coefficient (Wildman–Crippen LogP) is 2.14. The summed E-state index contributed by atoms with van der Waals surface area (Å²) in [5.41, 5.74) is 8.54. The molecular formula is C15H19ClN4O. The number of hydrogen-bond acceptors (Lipinski definition) is 3. The summed E-state index contributed by atoms with van der Waals surface area (Å²) >= 11 is 0. The molecule has 1 aromatic carbocycles. The van der Waals surface area contributed by atoms with Crippen molar-refractivity contribution in [3.05, 3.63) is 53.3 Å². The fraction of sp³-hybridized carbons (Fsp3) is 0.333. The summed E-state index contributed by atoms with van der Waals surface area (Å²) in [6.07, 6.45) is 2.37. The molecule has 1 atom stereocenters. The van der Waals surface area contributed by atoms with E-state index in [4.69, 9.17) is 5.73 Å². The third kappa shape index (κ3) is 3.83. The Kier molecular flexibility index (Phi) is 4.98. The molecule has 1 aliphatic rings. The van der Waals surface area contributed by atoms with Crippen LogP contribution in [0.4, 0.5) is 0 Å². The standard InChI is InChI=1S/C15H18N4O.ClH/c16-12(10-4-2-1-3-5-10)9-17-15(20)14-8-13(18-19-14)11-6-7-11;/h1-5,8,11-12H,6-7,9,16H2,(H,17,20)(H,18,19);1H. The molecule has 6 heteroatoms. The van der Waals surface area contributed by atoms with Crippen LogP contribution in [-0.2, 0) is 0 Å². The normalized spacial score (nSPS) is 15.1. The third-order valence-corrected chi connectivity index (χ3v) is 3.56. The van der Waals surface area contributed by atoms with E-state index in [0.29, 0.717) is 18.2 Å². The van der Waals surface area contributed by atoms with Gasteiger partial charge in [0.25, 0.3) is 5.91 Å². The zero-order valence-corrected chi connectivity index (χ0v) is 12.4. The quantitative estimate of drug-likeness (QED) is 0.791. The van der Waals surface area contributed by atoms with Gasteiger partial charge in [-0.05, 0) is 24.5 Å². The van der Waals surface area contributed by atoms with Crippen LogP contribution in [0.1, 0.15) is 46.5 Å². The Bertz CT molecular complexity index is 595. The van der Waals surface area contributed by atoms with Gasteiger partial charge in [-0.25, -0.2) is 0 Å². The second-order valence-corrected chi connectivity index (χ2v) is 5.21. The van der Waals surface area contributed by atoms with Crippen LogP contribution in [0.3, 0.4) is 0 Å². The number of hydrogen-bond donors (Lipinski definition) is 3. The summed E-state index contributed by atoms with van der Waals surface area (Å²) in [6.45, 7) is 0.397. The molecular weight excluding hydrogens is 288 g/mol.